The van der Waals surface area contributed by atoms with Crippen molar-refractivity contribution in [2.75, 3.05) is 0 Å². The van der Waals surface area contributed by atoms with Gasteiger partial charge in [0.2, 0.25) is 5.75 Å². The normalized spacial score (nSPS) is 10.2. The van der Waals surface area contributed by atoms with Crippen LogP contribution in [0.3, 0.4) is 0 Å². The molecule has 6 nitrogen and oxygen atoms in total. The molecule has 0 spiro atoms. The first kappa shape index (κ1) is 14.7. The fourth-order valence-corrected chi connectivity index (χ4v) is 1.91. The van der Waals surface area contributed by atoms with Crippen LogP contribution in [-0.4, -0.2) is 10.8 Å². The fourth-order valence-electron chi connectivity index (χ4n) is 1.64. The van der Waals surface area contributed by atoms with E-state index < -0.39 is 22.2 Å². The van der Waals surface area contributed by atoms with Gasteiger partial charge in [0.05, 0.1) is 9.95 Å². The molecular weight excluding hydrogens is 301 g/mol. The zero-order chi connectivity index (χ0) is 15.6. The second kappa shape index (κ2) is 5.76. The number of nitrogens with one attached hydrogen (secondary N) is 1. The van der Waals surface area contributed by atoms with Crippen molar-refractivity contribution in [1.82, 2.24) is 0 Å². The SMILES string of the molecule is N=C(N)c1ccc(Oc2c(F)cccc2[N+](=O)[O-])cc1Cl. The molecule has 2 rings (SSSR count). The smallest absolute Gasteiger partial charge is 0.314 e. The van der Waals surface area contributed by atoms with Crippen molar-refractivity contribution < 1.29 is 14.1 Å². The average molecular weight is 310 g/mol. The van der Waals surface area contributed by atoms with Crippen LogP contribution in [0, 0.1) is 21.3 Å². The van der Waals surface area contributed by atoms with Crippen molar-refractivity contribution in [1.29, 1.82) is 5.41 Å². The lowest BCUT2D eigenvalue weighted by Crippen LogP contribution is -2.11. The van der Waals surface area contributed by atoms with E-state index in [1.807, 2.05) is 0 Å². The summed E-state index contributed by atoms with van der Waals surface area (Å²) in [5.74, 6) is -1.51. The Morgan fingerprint density at radius 3 is 2.67 bits per heavy atom. The first-order valence-electron chi connectivity index (χ1n) is 5.65. The Morgan fingerprint density at radius 1 is 1.38 bits per heavy atom. The number of benzene rings is 2. The second-order valence-electron chi connectivity index (χ2n) is 4.00. The van der Waals surface area contributed by atoms with Gasteiger partial charge in [-0.3, -0.25) is 15.5 Å². The number of nitro benzene ring substituents is 1. The molecule has 0 amide bonds. The van der Waals surface area contributed by atoms with E-state index in [0.29, 0.717) is 0 Å². The highest BCUT2D eigenvalue weighted by molar-refractivity contribution is 6.34. The van der Waals surface area contributed by atoms with Crippen LogP contribution in [0.2, 0.25) is 5.02 Å². The molecule has 0 heterocycles. The minimum Gasteiger partial charge on any atom is -0.447 e. The molecule has 2 aromatic carbocycles. The van der Waals surface area contributed by atoms with E-state index in [4.69, 9.17) is 27.5 Å². The van der Waals surface area contributed by atoms with Crippen LogP contribution in [-0.2, 0) is 0 Å². The maximum Gasteiger partial charge on any atom is 0.314 e. The monoisotopic (exact) mass is 309 g/mol. The van der Waals surface area contributed by atoms with Gasteiger partial charge < -0.3 is 10.5 Å². The summed E-state index contributed by atoms with van der Waals surface area (Å²) in [6, 6.07) is 7.49. The summed E-state index contributed by atoms with van der Waals surface area (Å²) in [4.78, 5) is 10.1. The van der Waals surface area contributed by atoms with Crippen LogP contribution < -0.4 is 10.5 Å². The summed E-state index contributed by atoms with van der Waals surface area (Å²) >= 11 is 5.90. The van der Waals surface area contributed by atoms with Crippen molar-refractivity contribution in [3.8, 4) is 11.5 Å². The minimum absolute atomic E-state index is 0.0956. The van der Waals surface area contributed by atoms with Gasteiger partial charge in [0.15, 0.2) is 5.82 Å². The molecule has 0 saturated heterocycles. The van der Waals surface area contributed by atoms with E-state index >= 15 is 0 Å². The van der Waals surface area contributed by atoms with Crippen LogP contribution in [0.1, 0.15) is 5.56 Å². The van der Waals surface area contributed by atoms with Crippen molar-refractivity contribution in [3.63, 3.8) is 0 Å². The zero-order valence-electron chi connectivity index (χ0n) is 10.5. The number of halogens is 2. The Bertz CT molecular complexity index is 737. The summed E-state index contributed by atoms with van der Waals surface area (Å²) in [6.45, 7) is 0. The Morgan fingerprint density at radius 2 is 2.10 bits per heavy atom. The molecule has 0 radical (unpaired) electrons. The zero-order valence-corrected chi connectivity index (χ0v) is 11.2. The third-order valence-corrected chi connectivity index (χ3v) is 2.91. The Hall–Kier alpha value is -2.67. The van der Waals surface area contributed by atoms with Crippen molar-refractivity contribution >= 4 is 23.1 Å². The van der Waals surface area contributed by atoms with E-state index in [-0.39, 0.29) is 22.2 Å². The third-order valence-electron chi connectivity index (χ3n) is 2.59. The highest BCUT2D eigenvalue weighted by Gasteiger charge is 2.20. The molecular formula is C13H9ClFN3O3. The van der Waals surface area contributed by atoms with Crippen LogP contribution >= 0.6 is 11.6 Å². The number of ether oxygens (including phenoxy) is 1. The summed E-state index contributed by atoms with van der Waals surface area (Å²) in [7, 11) is 0. The molecule has 0 aliphatic heterocycles. The topological polar surface area (TPSA) is 102 Å². The number of hydrogen-bond acceptors (Lipinski definition) is 4. The maximum absolute atomic E-state index is 13.7. The fraction of sp³-hybridized carbons (Fsp3) is 0. The quantitative estimate of drug-likeness (QED) is 0.390. The second-order valence-corrected chi connectivity index (χ2v) is 4.41. The Kier molecular flexibility index (Phi) is 4.04. The van der Waals surface area contributed by atoms with E-state index in [1.165, 1.54) is 24.3 Å². The molecule has 0 aromatic heterocycles. The van der Waals surface area contributed by atoms with Gasteiger partial charge in [-0.15, -0.1) is 0 Å². The standard InChI is InChI=1S/C13H9ClFN3O3/c14-9-6-7(4-5-8(9)13(16)17)21-12-10(15)2-1-3-11(12)18(19)20/h1-6H,(H3,16,17). The molecule has 0 atom stereocenters. The predicted molar refractivity (Wildman–Crippen MR) is 75.6 cm³/mol. The van der Waals surface area contributed by atoms with Crippen molar-refractivity contribution in [2.45, 2.75) is 0 Å². The molecule has 0 aliphatic rings. The third kappa shape index (κ3) is 3.09. The Balaban J connectivity index is 2.41. The number of hydrogen-bond donors (Lipinski definition) is 2. The highest BCUT2D eigenvalue weighted by atomic mass is 35.5. The average Bonchev–Trinajstić information content (AvgIpc) is 2.40. The van der Waals surface area contributed by atoms with E-state index in [0.717, 1.165) is 12.1 Å². The van der Waals surface area contributed by atoms with E-state index in [2.05, 4.69) is 0 Å². The van der Waals surface area contributed by atoms with Crippen LogP contribution in [0.4, 0.5) is 10.1 Å². The van der Waals surface area contributed by atoms with Gasteiger partial charge in [-0.2, -0.15) is 0 Å². The minimum atomic E-state index is -0.865. The number of nitrogens with two attached hydrogens (primary N) is 1. The van der Waals surface area contributed by atoms with Gasteiger partial charge in [0, 0.05) is 17.7 Å². The number of rotatable bonds is 4. The van der Waals surface area contributed by atoms with Crippen LogP contribution in [0.5, 0.6) is 11.5 Å². The van der Waals surface area contributed by atoms with Gasteiger partial charge in [0.1, 0.15) is 11.6 Å². The molecule has 0 aliphatic carbocycles. The lowest BCUT2D eigenvalue weighted by atomic mass is 10.2. The lowest BCUT2D eigenvalue weighted by molar-refractivity contribution is -0.385. The van der Waals surface area contributed by atoms with Crippen LogP contribution in [0.15, 0.2) is 36.4 Å². The molecule has 21 heavy (non-hydrogen) atoms. The molecule has 3 N–H and O–H groups in total. The molecule has 0 fully saturated rings. The van der Waals surface area contributed by atoms with Gasteiger partial charge >= 0.3 is 5.69 Å². The highest BCUT2D eigenvalue weighted by Crippen LogP contribution is 2.35. The number of amidine groups is 1. The van der Waals surface area contributed by atoms with Gasteiger partial charge in [0.25, 0.3) is 0 Å². The van der Waals surface area contributed by atoms with E-state index in [9.17, 15) is 14.5 Å². The van der Waals surface area contributed by atoms with Gasteiger partial charge in [-0.05, 0) is 18.2 Å². The molecule has 0 bridgehead atoms. The summed E-state index contributed by atoms with van der Waals surface area (Å²) < 4.78 is 18.9. The number of nitrogen functional groups attached to an aromatic ring is 1. The molecule has 8 heteroatoms. The number of para-hydroxylation sites is 1. The van der Waals surface area contributed by atoms with Gasteiger partial charge in [-0.1, -0.05) is 17.7 Å². The molecule has 0 saturated carbocycles. The molecule has 0 unspecified atom stereocenters. The first-order chi connectivity index (χ1) is 9.90. The maximum atomic E-state index is 13.7. The van der Waals surface area contributed by atoms with E-state index in [1.54, 1.807) is 0 Å². The molecule has 108 valence electrons. The summed E-state index contributed by atoms with van der Waals surface area (Å²) in [5, 5.41) is 18.3. The molecule has 2 aromatic rings. The van der Waals surface area contributed by atoms with Gasteiger partial charge in [-0.25, -0.2) is 4.39 Å². The van der Waals surface area contributed by atoms with Crippen molar-refractivity contribution in [3.05, 3.63) is 62.9 Å². The van der Waals surface area contributed by atoms with Crippen molar-refractivity contribution in [2.24, 2.45) is 5.73 Å². The summed E-state index contributed by atoms with van der Waals surface area (Å²) in [6.07, 6.45) is 0. The van der Waals surface area contributed by atoms with Crippen LogP contribution in [0.25, 0.3) is 0 Å². The first-order valence-corrected chi connectivity index (χ1v) is 6.02. The largest absolute Gasteiger partial charge is 0.447 e. The summed E-state index contributed by atoms with van der Waals surface area (Å²) in [5.41, 5.74) is 5.10. The predicted octanol–water partition coefficient (Wildman–Crippen LogP) is 3.46. The number of nitrogens with zero attached hydrogens (tertiary/aromatic N) is 1. The Labute approximate surface area is 123 Å². The lowest BCUT2D eigenvalue weighted by Gasteiger charge is -2.09. The number of nitro groups is 1.